The van der Waals surface area contributed by atoms with Gasteiger partial charge in [0.25, 0.3) is 0 Å². The van der Waals surface area contributed by atoms with E-state index in [1.807, 2.05) is 0 Å². The summed E-state index contributed by atoms with van der Waals surface area (Å²) in [7, 11) is 0. The van der Waals surface area contributed by atoms with Crippen molar-refractivity contribution in [1.29, 1.82) is 0 Å². The van der Waals surface area contributed by atoms with Gasteiger partial charge in [-0.05, 0) is 114 Å². The van der Waals surface area contributed by atoms with Gasteiger partial charge in [-0.25, -0.2) is 0 Å². The smallest absolute Gasteiger partial charge is 0.132 e. The molecular weight excluding hydrogens is 789 g/mol. The first-order valence-electron chi connectivity index (χ1n) is 22.7. The van der Waals surface area contributed by atoms with Gasteiger partial charge in [-0.3, -0.25) is 0 Å². The monoisotopic (exact) mass is 826 g/mol. The van der Waals surface area contributed by atoms with Crippen molar-refractivity contribution in [2.24, 2.45) is 0 Å². The van der Waals surface area contributed by atoms with Gasteiger partial charge in [0.05, 0.1) is 16.2 Å². The van der Waals surface area contributed by atoms with E-state index in [0.717, 1.165) is 23.0 Å². The normalized spacial score (nSPS) is 15.7. The van der Waals surface area contributed by atoms with Crippen LogP contribution in [0.15, 0.2) is 231 Å². The first kappa shape index (κ1) is 35.3. The van der Waals surface area contributed by atoms with E-state index in [4.69, 9.17) is 9.47 Å². The van der Waals surface area contributed by atoms with Crippen LogP contribution in [0.4, 0.5) is 0 Å². The second kappa shape index (κ2) is 12.5. The van der Waals surface area contributed by atoms with Crippen LogP contribution in [-0.2, 0) is 16.2 Å². The maximum atomic E-state index is 6.69. The van der Waals surface area contributed by atoms with Crippen LogP contribution in [0.25, 0.3) is 33.4 Å². The van der Waals surface area contributed by atoms with E-state index in [1.165, 1.54) is 100 Å². The van der Waals surface area contributed by atoms with Gasteiger partial charge < -0.3 is 9.47 Å². The minimum Gasteiger partial charge on any atom is -0.457 e. The summed E-state index contributed by atoms with van der Waals surface area (Å²) >= 11 is 0. The minimum atomic E-state index is -0.635. The number of rotatable bonds is 2. The van der Waals surface area contributed by atoms with Gasteiger partial charge in [-0.15, -0.1) is 0 Å². The molecule has 0 radical (unpaired) electrons. The molecule has 2 heterocycles. The Morgan fingerprint density at radius 3 is 0.785 bits per heavy atom. The van der Waals surface area contributed by atoms with E-state index in [9.17, 15) is 0 Å². The molecule has 0 N–H and O–H groups in total. The van der Waals surface area contributed by atoms with Crippen LogP contribution < -0.4 is 9.47 Å². The van der Waals surface area contributed by atoms with Crippen LogP contribution in [0.1, 0.15) is 66.8 Å². The third kappa shape index (κ3) is 4.13. The van der Waals surface area contributed by atoms with Gasteiger partial charge in [-0.1, -0.05) is 194 Å². The third-order valence-corrected chi connectivity index (χ3v) is 15.5. The lowest BCUT2D eigenvalue weighted by Crippen LogP contribution is -2.33. The Bertz CT molecular complexity index is 3370. The van der Waals surface area contributed by atoms with E-state index >= 15 is 0 Å². The molecule has 2 heteroatoms. The molecule has 65 heavy (non-hydrogen) atoms. The summed E-state index contributed by atoms with van der Waals surface area (Å²) in [6.07, 6.45) is 0. The van der Waals surface area contributed by atoms with Crippen LogP contribution in [-0.4, -0.2) is 0 Å². The molecule has 2 aliphatic heterocycles. The molecule has 2 nitrogen and oxygen atoms in total. The van der Waals surface area contributed by atoms with Gasteiger partial charge >= 0.3 is 0 Å². The lowest BCUT2D eigenvalue weighted by atomic mass is 9.64. The summed E-state index contributed by atoms with van der Waals surface area (Å²) in [5, 5.41) is 0. The molecule has 0 saturated carbocycles. The zero-order valence-electron chi connectivity index (χ0n) is 35.3. The van der Waals surface area contributed by atoms with Crippen molar-refractivity contribution in [3.63, 3.8) is 0 Å². The molecule has 10 aromatic carbocycles. The van der Waals surface area contributed by atoms with Crippen molar-refractivity contribution in [2.75, 3.05) is 0 Å². The summed E-state index contributed by atoms with van der Waals surface area (Å²) in [5.41, 5.74) is 20.8. The number of benzene rings is 10. The molecule has 0 fully saturated rings. The summed E-state index contributed by atoms with van der Waals surface area (Å²) in [6.45, 7) is 0. The van der Waals surface area contributed by atoms with Crippen LogP contribution in [0, 0.1) is 0 Å². The first-order valence-corrected chi connectivity index (χ1v) is 22.7. The molecule has 3 aliphatic carbocycles. The van der Waals surface area contributed by atoms with E-state index in [-0.39, 0.29) is 0 Å². The van der Waals surface area contributed by atoms with E-state index in [0.29, 0.717) is 0 Å². The zero-order valence-corrected chi connectivity index (χ0v) is 35.3. The van der Waals surface area contributed by atoms with Crippen LogP contribution >= 0.6 is 0 Å². The highest BCUT2D eigenvalue weighted by atomic mass is 16.5. The lowest BCUT2D eigenvalue weighted by molar-refractivity contribution is 0.436. The predicted octanol–water partition coefficient (Wildman–Crippen LogP) is 15.0. The second-order valence-electron chi connectivity index (χ2n) is 18.1. The van der Waals surface area contributed by atoms with Crippen molar-refractivity contribution < 1.29 is 9.47 Å². The van der Waals surface area contributed by atoms with E-state index < -0.39 is 16.2 Å². The topological polar surface area (TPSA) is 18.5 Å². The van der Waals surface area contributed by atoms with Crippen molar-refractivity contribution in [2.45, 2.75) is 16.2 Å². The van der Waals surface area contributed by atoms with Gasteiger partial charge in [0, 0.05) is 22.3 Å². The Balaban J connectivity index is 1.04. The van der Waals surface area contributed by atoms with Crippen molar-refractivity contribution >= 4 is 0 Å². The molecule has 10 aromatic rings. The van der Waals surface area contributed by atoms with Crippen LogP contribution in [0.3, 0.4) is 0 Å². The fourth-order valence-corrected chi connectivity index (χ4v) is 13.2. The fourth-order valence-electron chi connectivity index (χ4n) is 13.2. The molecule has 0 bridgehead atoms. The van der Waals surface area contributed by atoms with Gasteiger partial charge in [-0.2, -0.15) is 0 Å². The van der Waals surface area contributed by atoms with Gasteiger partial charge in [0.1, 0.15) is 23.0 Å². The number of para-hydroxylation sites is 4. The maximum absolute atomic E-state index is 6.69. The highest BCUT2D eigenvalue weighted by Crippen LogP contribution is 2.66. The maximum Gasteiger partial charge on any atom is 0.132 e. The average molecular weight is 827 g/mol. The minimum absolute atomic E-state index is 0.545. The van der Waals surface area contributed by atoms with Crippen LogP contribution in [0.2, 0.25) is 0 Å². The Morgan fingerprint density at radius 2 is 0.446 bits per heavy atom. The van der Waals surface area contributed by atoms with E-state index in [2.05, 4.69) is 231 Å². The first-order chi connectivity index (χ1) is 32.2. The lowest BCUT2D eigenvalue weighted by Gasteiger charge is -2.40. The number of hydrogen-bond donors (Lipinski definition) is 0. The second-order valence-corrected chi connectivity index (χ2v) is 18.1. The molecule has 0 saturated heterocycles. The molecule has 0 aromatic heterocycles. The average Bonchev–Trinajstić information content (AvgIpc) is 3.95. The summed E-state index contributed by atoms with van der Waals surface area (Å²) in [6, 6.07) is 85.7. The van der Waals surface area contributed by atoms with Crippen molar-refractivity contribution in [3.05, 3.63) is 297 Å². The molecule has 0 unspecified atom stereocenters. The Labute approximate surface area is 377 Å². The summed E-state index contributed by atoms with van der Waals surface area (Å²) in [5.74, 6) is 3.61. The fraction of sp³-hybridized carbons (Fsp3) is 0.0476. The van der Waals surface area contributed by atoms with Gasteiger partial charge in [0.2, 0.25) is 0 Å². The molecule has 5 aliphatic rings. The molecule has 0 amide bonds. The zero-order chi connectivity index (χ0) is 42.5. The molecule has 2 spiro atoms. The number of fused-ring (bicyclic) bond motifs is 21. The Hall–Kier alpha value is -8.20. The number of hydrogen-bond acceptors (Lipinski definition) is 2. The highest BCUT2D eigenvalue weighted by molar-refractivity contribution is 5.94. The number of ether oxygens (including phenoxy) is 2. The SMILES string of the molecule is c1ccc2c(c1)Oc1ccccc1C21c2ccccc2-c2cc(C3(c4ccc5c(c4)-c4ccccc4C54c5ccccc5Oc5ccccc54)c4ccccc4-c4ccccc43)ccc21. The molecule has 15 rings (SSSR count). The predicted molar refractivity (Wildman–Crippen MR) is 259 cm³/mol. The largest absolute Gasteiger partial charge is 0.457 e. The summed E-state index contributed by atoms with van der Waals surface area (Å²) in [4.78, 5) is 0. The molecule has 0 atom stereocenters. The Kier molecular flexibility index (Phi) is 6.78. The van der Waals surface area contributed by atoms with Crippen LogP contribution in [0.5, 0.6) is 23.0 Å². The van der Waals surface area contributed by atoms with Gasteiger partial charge in [0.15, 0.2) is 0 Å². The quantitative estimate of drug-likeness (QED) is 0.173. The van der Waals surface area contributed by atoms with Crippen molar-refractivity contribution in [3.8, 4) is 56.4 Å². The molecule has 302 valence electrons. The Morgan fingerprint density at radius 1 is 0.200 bits per heavy atom. The van der Waals surface area contributed by atoms with E-state index in [1.54, 1.807) is 0 Å². The summed E-state index contributed by atoms with van der Waals surface area (Å²) < 4.78 is 13.4. The highest BCUT2D eigenvalue weighted by Gasteiger charge is 2.55. The van der Waals surface area contributed by atoms with Crippen molar-refractivity contribution in [1.82, 2.24) is 0 Å². The third-order valence-electron chi connectivity index (χ3n) is 15.5. The standard InChI is InChI=1S/C63H38O2/c1-5-21-47-41(17-1)42-18-2-6-22-48(42)61(47,39-33-35-51-45(37-39)43-19-3-7-23-49(43)62(51)53-25-9-13-29-57(53)64-58-30-14-10-26-54(58)62)40-34-36-52-46(38-40)44-20-4-8-24-50(44)63(52)55-27-11-15-31-59(55)65-60-32-16-12-28-56(60)63/h1-38H. The molecular formula is C63H38O2.